The smallest absolute Gasteiger partial charge is 0.277 e. The highest BCUT2D eigenvalue weighted by atomic mass is 19.1. The first-order valence-corrected chi connectivity index (χ1v) is 8.43. The van der Waals surface area contributed by atoms with Gasteiger partial charge in [0.25, 0.3) is 11.8 Å². The second-order valence-electron chi connectivity index (χ2n) is 6.44. The van der Waals surface area contributed by atoms with Crippen molar-refractivity contribution in [3.63, 3.8) is 0 Å². The maximum atomic E-state index is 13.9. The second-order valence-corrected chi connectivity index (χ2v) is 6.44. The second kappa shape index (κ2) is 7.59. The standard InChI is InChI=1S/C20H18F2N4O2/c1-11-4-6-14(21)16(8-11)23-19(27)13-10-26(3)25-18(13)20(28)24-17-9-12(2)5-7-15(17)22/h4-10H,1-3H3,(H,23,27)(H,24,28). The van der Waals surface area contributed by atoms with Gasteiger partial charge in [0.15, 0.2) is 5.69 Å². The van der Waals surface area contributed by atoms with E-state index in [1.807, 2.05) is 0 Å². The first-order valence-electron chi connectivity index (χ1n) is 8.43. The maximum absolute atomic E-state index is 13.9. The van der Waals surface area contributed by atoms with Gasteiger partial charge in [0.2, 0.25) is 0 Å². The molecule has 3 aromatic rings. The number of hydrogen-bond donors (Lipinski definition) is 2. The van der Waals surface area contributed by atoms with Gasteiger partial charge >= 0.3 is 0 Å². The molecule has 1 heterocycles. The summed E-state index contributed by atoms with van der Waals surface area (Å²) < 4.78 is 29.1. The van der Waals surface area contributed by atoms with Crippen LogP contribution in [0.4, 0.5) is 20.2 Å². The Hall–Kier alpha value is -3.55. The summed E-state index contributed by atoms with van der Waals surface area (Å²) in [6.45, 7) is 3.51. The van der Waals surface area contributed by atoms with Crippen LogP contribution in [0.25, 0.3) is 0 Å². The first kappa shape index (κ1) is 19.2. The van der Waals surface area contributed by atoms with Crippen LogP contribution in [0.2, 0.25) is 0 Å². The van der Waals surface area contributed by atoms with E-state index < -0.39 is 23.4 Å². The lowest BCUT2D eigenvalue weighted by Crippen LogP contribution is -2.20. The molecule has 0 bridgehead atoms. The van der Waals surface area contributed by atoms with Crippen LogP contribution in [-0.4, -0.2) is 21.6 Å². The molecule has 0 aliphatic carbocycles. The highest BCUT2D eigenvalue weighted by Crippen LogP contribution is 2.20. The van der Waals surface area contributed by atoms with Crippen molar-refractivity contribution in [2.24, 2.45) is 7.05 Å². The molecule has 0 aliphatic heterocycles. The van der Waals surface area contributed by atoms with E-state index in [0.717, 1.165) is 11.1 Å². The van der Waals surface area contributed by atoms with Crippen LogP contribution in [0.3, 0.4) is 0 Å². The summed E-state index contributed by atoms with van der Waals surface area (Å²) in [5.41, 5.74) is 1.22. The van der Waals surface area contributed by atoms with E-state index >= 15 is 0 Å². The molecule has 0 aliphatic rings. The van der Waals surface area contributed by atoms with Gasteiger partial charge in [0.1, 0.15) is 11.6 Å². The molecule has 2 amide bonds. The number of rotatable bonds is 4. The highest BCUT2D eigenvalue weighted by molar-refractivity contribution is 6.14. The third-order valence-corrected chi connectivity index (χ3v) is 4.03. The predicted octanol–water partition coefficient (Wildman–Crippen LogP) is 3.82. The summed E-state index contributed by atoms with van der Waals surface area (Å²) >= 11 is 0. The van der Waals surface area contributed by atoms with Gasteiger partial charge < -0.3 is 10.6 Å². The van der Waals surface area contributed by atoms with Crippen LogP contribution < -0.4 is 10.6 Å². The zero-order valence-corrected chi connectivity index (χ0v) is 15.5. The molecule has 0 saturated heterocycles. The van der Waals surface area contributed by atoms with E-state index in [1.54, 1.807) is 26.0 Å². The van der Waals surface area contributed by atoms with E-state index in [-0.39, 0.29) is 22.6 Å². The third-order valence-electron chi connectivity index (χ3n) is 4.03. The van der Waals surface area contributed by atoms with Crippen LogP contribution in [0, 0.1) is 25.5 Å². The van der Waals surface area contributed by atoms with E-state index in [0.29, 0.717) is 0 Å². The van der Waals surface area contributed by atoms with Gasteiger partial charge in [-0.2, -0.15) is 5.10 Å². The fraction of sp³-hybridized carbons (Fsp3) is 0.150. The summed E-state index contributed by atoms with van der Waals surface area (Å²) in [4.78, 5) is 25.2. The number of aromatic nitrogens is 2. The zero-order valence-electron chi connectivity index (χ0n) is 15.5. The minimum Gasteiger partial charge on any atom is -0.319 e. The molecule has 144 valence electrons. The lowest BCUT2D eigenvalue weighted by molar-refractivity contribution is 0.0987. The van der Waals surface area contributed by atoms with Gasteiger partial charge in [-0.05, 0) is 49.2 Å². The maximum Gasteiger partial charge on any atom is 0.277 e. The Bertz CT molecular complexity index is 993. The number of aryl methyl sites for hydroxylation is 3. The summed E-state index contributed by atoms with van der Waals surface area (Å²) in [5.74, 6) is -2.66. The highest BCUT2D eigenvalue weighted by Gasteiger charge is 2.23. The molecule has 6 nitrogen and oxygen atoms in total. The summed E-state index contributed by atoms with van der Waals surface area (Å²) in [6.07, 6.45) is 1.34. The predicted molar refractivity (Wildman–Crippen MR) is 101 cm³/mol. The number of benzene rings is 2. The minimum atomic E-state index is -0.750. The molecular formula is C20H18F2N4O2. The van der Waals surface area contributed by atoms with Crippen LogP contribution >= 0.6 is 0 Å². The van der Waals surface area contributed by atoms with Gasteiger partial charge in [-0.3, -0.25) is 14.3 Å². The molecule has 2 aromatic carbocycles. The van der Waals surface area contributed by atoms with Crippen molar-refractivity contribution in [1.29, 1.82) is 0 Å². The average molecular weight is 384 g/mol. The largest absolute Gasteiger partial charge is 0.319 e. The number of carbonyl (C=O) groups is 2. The summed E-state index contributed by atoms with van der Waals surface area (Å²) in [5, 5.41) is 8.84. The number of hydrogen-bond acceptors (Lipinski definition) is 3. The van der Waals surface area contributed by atoms with Gasteiger partial charge in [-0.1, -0.05) is 12.1 Å². The molecule has 0 unspecified atom stereocenters. The zero-order chi connectivity index (χ0) is 20.4. The molecule has 0 fully saturated rings. The molecular weight excluding hydrogens is 366 g/mol. The number of nitrogens with one attached hydrogen (secondary N) is 2. The average Bonchev–Trinajstić information content (AvgIpc) is 3.03. The molecule has 1 aromatic heterocycles. The number of carbonyl (C=O) groups excluding carboxylic acids is 2. The SMILES string of the molecule is Cc1ccc(F)c(NC(=O)c2cn(C)nc2C(=O)Nc2cc(C)ccc2F)c1. The van der Waals surface area contributed by atoms with Gasteiger partial charge in [0, 0.05) is 13.2 Å². The molecule has 0 atom stereocenters. The van der Waals surface area contributed by atoms with Crippen molar-refractivity contribution in [3.8, 4) is 0 Å². The summed E-state index contributed by atoms with van der Waals surface area (Å²) in [6, 6.07) is 8.56. The van der Waals surface area contributed by atoms with Gasteiger partial charge in [-0.25, -0.2) is 8.78 Å². The third kappa shape index (κ3) is 4.06. The van der Waals surface area contributed by atoms with E-state index in [2.05, 4.69) is 15.7 Å². The molecule has 0 saturated carbocycles. The van der Waals surface area contributed by atoms with Crippen molar-refractivity contribution in [2.75, 3.05) is 10.6 Å². The quantitative estimate of drug-likeness (QED) is 0.718. The fourth-order valence-electron chi connectivity index (χ4n) is 2.66. The van der Waals surface area contributed by atoms with Crippen molar-refractivity contribution < 1.29 is 18.4 Å². The van der Waals surface area contributed by atoms with Gasteiger partial charge in [-0.15, -0.1) is 0 Å². The monoisotopic (exact) mass is 384 g/mol. The Balaban J connectivity index is 1.88. The Kier molecular flexibility index (Phi) is 5.21. The minimum absolute atomic E-state index is 0.00931. The Labute approximate surface area is 160 Å². The van der Waals surface area contributed by atoms with Crippen LogP contribution in [0.15, 0.2) is 42.6 Å². The molecule has 8 heteroatoms. The van der Waals surface area contributed by atoms with E-state index in [1.165, 1.54) is 42.2 Å². The molecule has 2 N–H and O–H groups in total. The van der Waals surface area contributed by atoms with E-state index in [4.69, 9.17) is 0 Å². The Morgan fingerprint density at radius 2 is 1.39 bits per heavy atom. The Morgan fingerprint density at radius 3 is 1.93 bits per heavy atom. The number of anilines is 2. The molecule has 28 heavy (non-hydrogen) atoms. The van der Waals surface area contributed by atoms with Crippen LogP contribution in [-0.2, 0) is 7.05 Å². The van der Waals surface area contributed by atoms with Crippen LogP contribution in [0.5, 0.6) is 0 Å². The number of nitrogens with zero attached hydrogens (tertiary/aromatic N) is 2. The number of halogens is 2. The Morgan fingerprint density at radius 1 is 0.893 bits per heavy atom. The summed E-state index contributed by atoms with van der Waals surface area (Å²) in [7, 11) is 1.54. The lowest BCUT2D eigenvalue weighted by Gasteiger charge is -2.09. The van der Waals surface area contributed by atoms with Gasteiger partial charge in [0.05, 0.1) is 16.9 Å². The topological polar surface area (TPSA) is 76.0 Å². The normalized spacial score (nSPS) is 10.6. The molecule has 3 rings (SSSR count). The van der Waals surface area contributed by atoms with E-state index in [9.17, 15) is 18.4 Å². The fourth-order valence-corrected chi connectivity index (χ4v) is 2.66. The van der Waals surface area contributed by atoms with Crippen molar-refractivity contribution in [1.82, 2.24) is 9.78 Å². The van der Waals surface area contributed by atoms with Crippen molar-refractivity contribution in [3.05, 3.63) is 76.6 Å². The van der Waals surface area contributed by atoms with Crippen LogP contribution in [0.1, 0.15) is 32.0 Å². The molecule has 0 spiro atoms. The molecule has 0 radical (unpaired) electrons. The van der Waals surface area contributed by atoms with Crippen molar-refractivity contribution >= 4 is 23.2 Å². The first-order chi connectivity index (χ1) is 13.2. The lowest BCUT2D eigenvalue weighted by atomic mass is 10.1. The van der Waals surface area contributed by atoms with Crippen molar-refractivity contribution in [2.45, 2.75) is 13.8 Å². The number of amides is 2.